The highest BCUT2D eigenvalue weighted by Gasteiger charge is 2.37. The molecule has 0 radical (unpaired) electrons. The Morgan fingerprint density at radius 3 is 2.89 bits per heavy atom. The number of hydrogen-bond acceptors (Lipinski definition) is 4. The van der Waals surface area contributed by atoms with Crippen LogP contribution in [0.1, 0.15) is 18.7 Å². The van der Waals surface area contributed by atoms with E-state index in [0.29, 0.717) is 6.54 Å². The summed E-state index contributed by atoms with van der Waals surface area (Å²) in [6, 6.07) is 2.00. The third-order valence-corrected chi connectivity index (χ3v) is 4.00. The van der Waals surface area contributed by atoms with Crippen molar-refractivity contribution in [2.45, 2.75) is 18.3 Å². The highest BCUT2D eigenvalue weighted by Crippen LogP contribution is 2.34. The molecule has 3 rings (SSSR count). The van der Waals surface area contributed by atoms with Gasteiger partial charge in [0.2, 0.25) is 0 Å². The molecule has 0 aromatic carbocycles. The molecule has 18 heavy (non-hydrogen) atoms. The van der Waals surface area contributed by atoms with Gasteiger partial charge in [0.25, 0.3) is 0 Å². The van der Waals surface area contributed by atoms with Gasteiger partial charge in [-0.25, -0.2) is 4.98 Å². The first-order valence-corrected chi connectivity index (χ1v) is 6.31. The smallest absolute Gasteiger partial charge is 0.117 e. The fraction of sp³-hybridized carbons (Fsp3) is 0.538. The van der Waals surface area contributed by atoms with E-state index in [1.54, 1.807) is 6.20 Å². The lowest BCUT2D eigenvalue weighted by molar-refractivity contribution is 0.0492. The molecule has 0 spiro atoms. The second-order valence-electron chi connectivity index (χ2n) is 4.96. The van der Waals surface area contributed by atoms with Gasteiger partial charge >= 0.3 is 0 Å². The van der Waals surface area contributed by atoms with Crippen LogP contribution in [0, 0.1) is 0 Å². The minimum atomic E-state index is -0.0496. The van der Waals surface area contributed by atoms with Crippen LogP contribution in [0.4, 0.5) is 0 Å². The second-order valence-corrected chi connectivity index (χ2v) is 4.96. The third kappa shape index (κ3) is 1.62. The predicted molar refractivity (Wildman–Crippen MR) is 69.3 cm³/mol. The number of imidazole rings is 1. The lowest BCUT2D eigenvalue weighted by Gasteiger charge is -2.35. The van der Waals surface area contributed by atoms with Gasteiger partial charge in [-0.2, -0.15) is 0 Å². The minimum Gasteiger partial charge on any atom is -0.381 e. The van der Waals surface area contributed by atoms with Crippen molar-refractivity contribution in [1.82, 2.24) is 14.5 Å². The molecule has 2 aromatic heterocycles. The van der Waals surface area contributed by atoms with Crippen LogP contribution in [0.2, 0.25) is 0 Å². The van der Waals surface area contributed by atoms with Crippen LogP contribution in [-0.2, 0) is 17.2 Å². The number of aryl methyl sites for hydroxylation is 1. The Morgan fingerprint density at radius 2 is 2.22 bits per heavy atom. The molecule has 0 bridgehead atoms. The molecule has 1 saturated heterocycles. The molecule has 0 atom stereocenters. The first-order valence-electron chi connectivity index (χ1n) is 6.31. The lowest BCUT2D eigenvalue weighted by atomic mass is 9.79. The summed E-state index contributed by atoms with van der Waals surface area (Å²) in [5.41, 5.74) is 8.04. The van der Waals surface area contributed by atoms with Gasteiger partial charge in [-0.1, -0.05) is 0 Å². The van der Waals surface area contributed by atoms with Gasteiger partial charge in [0.05, 0.1) is 11.7 Å². The van der Waals surface area contributed by atoms with Crippen LogP contribution in [0.5, 0.6) is 0 Å². The van der Waals surface area contributed by atoms with E-state index >= 15 is 0 Å². The largest absolute Gasteiger partial charge is 0.381 e. The van der Waals surface area contributed by atoms with E-state index in [-0.39, 0.29) is 5.41 Å². The Kier molecular flexibility index (Phi) is 2.80. The number of aromatic nitrogens is 3. The number of nitrogens with zero attached hydrogens (tertiary/aromatic N) is 3. The summed E-state index contributed by atoms with van der Waals surface area (Å²) >= 11 is 0. The number of rotatable bonds is 2. The van der Waals surface area contributed by atoms with E-state index in [9.17, 15) is 0 Å². The molecule has 5 heteroatoms. The van der Waals surface area contributed by atoms with Gasteiger partial charge in [0.15, 0.2) is 0 Å². The topological polar surface area (TPSA) is 66.0 Å². The summed E-state index contributed by atoms with van der Waals surface area (Å²) < 4.78 is 7.61. The van der Waals surface area contributed by atoms with Crippen molar-refractivity contribution in [3.05, 3.63) is 24.3 Å². The molecule has 0 aliphatic carbocycles. The Hall–Kier alpha value is -1.46. The monoisotopic (exact) mass is 246 g/mol. The Balaban J connectivity index is 2.14. The summed E-state index contributed by atoms with van der Waals surface area (Å²) in [6.45, 7) is 2.14. The zero-order valence-corrected chi connectivity index (χ0v) is 10.6. The van der Waals surface area contributed by atoms with E-state index in [1.165, 1.54) is 0 Å². The van der Waals surface area contributed by atoms with Crippen LogP contribution in [0.15, 0.2) is 18.5 Å². The number of fused-ring (bicyclic) bond motifs is 1. The molecule has 5 nitrogen and oxygen atoms in total. The van der Waals surface area contributed by atoms with Crippen molar-refractivity contribution < 1.29 is 4.74 Å². The molecule has 0 amide bonds. The van der Waals surface area contributed by atoms with Crippen molar-refractivity contribution in [1.29, 1.82) is 0 Å². The second kappa shape index (κ2) is 4.33. The van der Waals surface area contributed by atoms with Gasteiger partial charge in [0.1, 0.15) is 11.3 Å². The van der Waals surface area contributed by atoms with E-state index in [2.05, 4.69) is 16.6 Å². The molecule has 0 saturated carbocycles. The van der Waals surface area contributed by atoms with Crippen LogP contribution < -0.4 is 5.73 Å². The maximum atomic E-state index is 6.04. The first-order chi connectivity index (χ1) is 8.77. The highest BCUT2D eigenvalue weighted by molar-refractivity contribution is 5.74. The fourth-order valence-electron chi connectivity index (χ4n) is 2.81. The molecule has 96 valence electrons. The molecule has 3 heterocycles. The Morgan fingerprint density at radius 1 is 1.44 bits per heavy atom. The van der Waals surface area contributed by atoms with Gasteiger partial charge in [-0.05, 0) is 18.9 Å². The number of pyridine rings is 1. The van der Waals surface area contributed by atoms with Gasteiger partial charge in [0, 0.05) is 38.4 Å². The fourth-order valence-corrected chi connectivity index (χ4v) is 2.81. The molecule has 1 aliphatic rings. The molecule has 0 unspecified atom stereocenters. The molecular weight excluding hydrogens is 228 g/mol. The van der Waals surface area contributed by atoms with Gasteiger partial charge in [-0.3, -0.25) is 4.98 Å². The summed E-state index contributed by atoms with van der Waals surface area (Å²) in [4.78, 5) is 8.87. The average Bonchev–Trinajstić information content (AvgIpc) is 2.78. The summed E-state index contributed by atoms with van der Waals surface area (Å²) in [5.74, 6) is 1.07. The maximum Gasteiger partial charge on any atom is 0.117 e. The van der Waals surface area contributed by atoms with Crippen LogP contribution in [-0.4, -0.2) is 34.3 Å². The van der Waals surface area contributed by atoms with E-state index in [0.717, 1.165) is 42.9 Å². The molecule has 2 N–H and O–H groups in total. The molecule has 1 aliphatic heterocycles. The van der Waals surface area contributed by atoms with E-state index < -0.39 is 0 Å². The quantitative estimate of drug-likeness (QED) is 0.857. The van der Waals surface area contributed by atoms with Crippen molar-refractivity contribution in [3.8, 4) is 0 Å². The molecular formula is C13H18N4O. The van der Waals surface area contributed by atoms with E-state index in [4.69, 9.17) is 15.5 Å². The van der Waals surface area contributed by atoms with Gasteiger partial charge < -0.3 is 15.0 Å². The summed E-state index contributed by atoms with van der Waals surface area (Å²) in [5, 5.41) is 0. The predicted octanol–water partition coefficient (Wildman–Crippen LogP) is 0.975. The van der Waals surface area contributed by atoms with Crippen LogP contribution in [0.3, 0.4) is 0 Å². The molecule has 2 aromatic rings. The third-order valence-electron chi connectivity index (χ3n) is 4.00. The van der Waals surface area contributed by atoms with Crippen molar-refractivity contribution in [2.75, 3.05) is 19.8 Å². The van der Waals surface area contributed by atoms with Crippen LogP contribution in [0.25, 0.3) is 11.0 Å². The normalized spacial score (nSPS) is 19.2. The van der Waals surface area contributed by atoms with E-state index in [1.807, 2.05) is 12.3 Å². The van der Waals surface area contributed by atoms with Crippen molar-refractivity contribution in [2.24, 2.45) is 12.8 Å². The average molecular weight is 246 g/mol. The summed E-state index contributed by atoms with van der Waals surface area (Å²) in [7, 11) is 2.05. The van der Waals surface area contributed by atoms with Crippen molar-refractivity contribution in [3.63, 3.8) is 0 Å². The number of ether oxygens (including phenoxy) is 1. The van der Waals surface area contributed by atoms with Crippen molar-refractivity contribution >= 4 is 11.0 Å². The highest BCUT2D eigenvalue weighted by atomic mass is 16.5. The van der Waals surface area contributed by atoms with Gasteiger partial charge in [-0.15, -0.1) is 0 Å². The maximum absolute atomic E-state index is 6.04. The van der Waals surface area contributed by atoms with Crippen LogP contribution >= 0.6 is 0 Å². The Labute approximate surface area is 106 Å². The Bertz CT molecular complexity index is 557. The SMILES string of the molecule is Cn1c(C2(CN)CCOCC2)nc2cnccc21. The zero-order chi connectivity index (χ0) is 12.6. The standard InChI is InChI=1S/C13H18N4O/c1-17-11-2-5-15-8-10(11)16-12(17)13(9-14)3-6-18-7-4-13/h2,5,8H,3-4,6-7,9,14H2,1H3. The molecule has 1 fully saturated rings. The first kappa shape index (κ1) is 11.6. The zero-order valence-electron chi connectivity index (χ0n) is 10.6. The summed E-state index contributed by atoms with van der Waals surface area (Å²) in [6.07, 6.45) is 5.48. The minimum absolute atomic E-state index is 0.0496. The lowest BCUT2D eigenvalue weighted by Crippen LogP contribution is -2.42. The number of nitrogens with two attached hydrogens (primary N) is 1. The number of hydrogen-bond donors (Lipinski definition) is 1.